The van der Waals surface area contributed by atoms with Gasteiger partial charge in [-0.05, 0) is 36.4 Å². The van der Waals surface area contributed by atoms with Crippen LogP contribution in [0, 0.1) is 6.92 Å². The Bertz CT molecular complexity index is 1110. The Morgan fingerprint density at radius 3 is 2.58 bits per heavy atom. The van der Waals surface area contributed by atoms with E-state index in [0.717, 1.165) is 27.7 Å². The number of hydrogen-bond acceptors (Lipinski definition) is 4. The molecular weight excluding hydrogens is 320 g/mol. The third-order valence-electron chi connectivity index (χ3n) is 4.02. The van der Waals surface area contributed by atoms with Crippen molar-refractivity contribution in [3.05, 3.63) is 64.4 Å². The summed E-state index contributed by atoms with van der Waals surface area (Å²) in [6.45, 7) is 4.07. The lowest BCUT2D eigenvalue weighted by Gasteiger charge is -2.12. The summed E-state index contributed by atoms with van der Waals surface area (Å²) in [5.74, 6) is 1.43. The van der Waals surface area contributed by atoms with Crippen LogP contribution in [0.15, 0.2) is 58.5 Å². The number of nitrogens with zero attached hydrogens (tertiary/aromatic N) is 4. The zero-order valence-electron chi connectivity index (χ0n) is 13.4. The van der Waals surface area contributed by atoms with Crippen molar-refractivity contribution in [2.45, 2.75) is 19.0 Å². The molecule has 0 amide bonds. The fourth-order valence-corrected chi connectivity index (χ4v) is 3.60. The molecule has 5 nitrogen and oxygen atoms in total. The van der Waals surface area contributed by atoms with E-state index in [4.69, 9.17) is 0 Å². The average Bonchev–Trinajstić information content (AvgIpc) is 3.01. The summed E-state index contributed by atoms with van der Waals surface area (Å²) >= 11 is 1.61. The maximum atomic E-state index is 13.1. The molecule has 0 aliphatic rings. The number of aryl methyl sites for hydroxylation is 1. The molecule has 0 saturated heterocycles. The van der Waals surface area contributed by atoms with Gasteiger partial charge in [-0.3, -0.25) is 9.20 Å². The molecule has 0 unspecified atom stereocenters. The average molecular weight is 336 g/mol. The van der Waals surface area contributed by atoms with E-state index in [9.17, 15) is 4.79 Å². The van der Waals surface area contributed by atoms with Crippen LogP contribution in [0.3, 0.4) is 0 Å². The molecule has 0 aliphatic carbocycles. The van der Waals surface area contributed by atoms with Gasteiger partial charge in [0, 0.05) is 0 Å². The summed E-state index contributed by atoms with van der Waals surface area (Å²) in [5, 5.41) is 10.1. The zero-order valence-corrected chi connectivity index (χ0v) is 14.2. The van der Waals surface area contributed by atoms with Gasteiger partial charge in [-0.25, -0.2) is 4.57 Å². The third kappa shape index (κ3) is 2.14. The standard InChI is InChI=1S/C18H16N4OS/c1-3-24-18-20-19-17-21(14-10-6-4-8-12(14)2)16(23)13-9-5-7-11-15(13)22(17)18/h4-11H,3H2,1-2H3. The number of para-hydroxylation sites is 2. The lowest BCUT2D eigenvalue weighted by atomic mass is 10.2. The third-order valence-corrected chi connectivity index (χ3v) is 4.84. The van der Waals surface area contributed by atoms with Crippen molar-refractivity contribution in [1.29, 1.82) is 0 Å². The van der Waals surface area contributed by atoms with Gasteiger partial charge in [-0.2, -0.15) is 0 Å². The van der Waals surface area contributed by atoms with Gasteiger partial charge in [0.25, 0.3) is 5.56 Å². The molecular formula is C18H16N4OS. The first-order valence-electron chi connectivity index (χ1n) is 7.80. The Morgan fingerprint density at radius 2 is 1.79 bits per heavy atom. The van der Waals surface area contributed by atoms with Gasteiger partial charge in [0.1, 0.15) is 0 Å². The summed E-state index contributed by atoms with van der Waals surface area (Å²) in [5.41, 5.74) is 2.61. The van der Waals surface area contributed by atoms with Crippen LogP contribution >= 0.6 is 11.8 Å². The minimum absolute atomic E-state index is 0.0761. The van der Waals surface area contributed by atoms with Gasteiger partial charge in [0.2, 0.25) is 5.78 Å². The second-order valence-electron chi connectivity index (χ2n) is 5.50. The molecule has 2 aromatic heterocycles. The first-order valence-corrected chi connectivity index (χ1v) is 8.78. The summed E-state index contributed by atoms with van der Waals surface area (Å²) in [4.78, 5) is 13.1. The van der Waals surface area contributed by atoms with E-state index in [2.05, 4.69) is 17.1 Å². The molecule has 6 heteroatoms. The fourth-order valence-electron chi connectivity index (χ4n) is 2.93. The molecule has 0 bridgehead atoms. The molecule has 120 valence electrons. The second-order valence-corrected chi connectivity index (χ2v) is 6.73. The van der Waals surface area contributed by atoms with E-state index in [1.54, 1.807) is 16.3 Å². The van der Waals surface area contributed by atoms with Crippen molar-refractivity contribution in [2.75, 3.05) is 5.75 Å². The Balaban J connectivity index is 2.23. The van der Waals surface area contributed by atoms with Gasteiger partial charge in [0.05, 0.1) is 16.6 Å². The largest absolute Gasteiger partial charge is 0.268 e. The number of fused-ring (bicyclic) bond motifs is 3. The predicted octanol–water partition coefficient (Wildman–Crippen LogP) is 3.45. The van der Waals surface area contributed by atoms with Crippen LogP contribution in [0.2, 0.25) is 0 Å². The van der Waals surface area contributed by atoms with Gasteiger partial charge in [-0.1, -0.05) is 49.0 Å². The molecule has 0 fully saturated rings. The van der Waals surface area contributed by atoms with E-state index in [0.29, 0.717) is 11.2 Å². The molecule has 0 spiro atoms. The minimum Gasteiger partial charge on any atom is -0.268 e. The van der Waals surface area contributed by atoms with Gasteiger partial charge in [-0.15, -0.1) is 10.2 Å². The molecule has 0 N–H and O–H groups in total. The minimum atomic E-state index is -0.0761. The van der Waals surface area contributed by atoms with Gasteiger partial charge >= 0.3 is 0 Å². The number of thioether (sulfide) groups is 1. The number of rotatable bonds is 3. The molecule has 0 aliphatic heterocycles. The quantitative estimate of drug-likeness (QED) is 0.538. The van der Waals surface area contributed by atoms with Crippen LogP contribution in [-0.2, 0) is 0 Å². The van der Waals surface area contributed by atoms with Crippen LogP contribution in [0.5, 0.6) is 0 Å². The molecule has 2 aromatic carbocycles. The normalized spacial score (nSPS) is 11.4. The Kier molecular flexibility index (Phi) is 3.61. The van der Waals surface area contributed by atoms with Crippen molar-refractivity contribution in [3.63, 3.8) is 0 Å². The molecule has 0 radical (unpaired) electrons. The highest BCUT2D eigenvalue weighted by atomic mass is 32.2. The Labute approximate surface area is 143 Å². The molecule has 0 atom stereocenters. The maximum Gasteiger partial charge on any atom is 0.267 e. The molecule has 2 heterocycles. The van der Waals surface area contributed by atoms with Gasteiger partial charge < -0.3 is 0 Å². The Hall–Kier alpha value is -2.60. The van der Waals surface area contributed by atoms with E-state index >= 15 is 0 Å². The van der Waals surface area contributed by atoms with Crippen molar-refractivity contribution in [1.82, 2.24) is 19.2 Å². The lowest BCUT2D eigenvalue weighted by Crippen LogP contribution is -2.22. The van der Waals surface area contributed by atoms with E-state index < -0.39 is 0 Å². The van der Waals surface area contributed by atoms with Crippen molar-refractivity contribution < 1.29 is 0 Å². The SMILES string of the molecule is CCSc1nnc2n(-c3ccccc3C)c(=O)c3ccccc3n12. The van der Waals surface area contributed by atoms with Crippen molar-refractivity contribution in [3.8, 4) is 5.69 Å². The maximum absolute atomic E-state index is 13.1. The number of aromatic nitrogens is 4. The van der Waals surface area contributed by atoms with Crippen LogP contribution in [0.1, 0.15) is 12.5 Å². The summed E-state index contributed by atoms with van der Waals surface area (Å²) in [7, 11) is 0. The molecule has 4 rings (SSSR count). The second kappa shape index (κ2) is 5.79. The smallest absolute Gasteiger partial charge is 0.267 e. The summed E-state index contributed by atoms with van der Waals surface area (Å²) in [6.07, 6.45) is 0. The van der Waals surface area contributed by atoms with Crippen LogP contribution < -0.4 is 5.56 Å². The van der Waals surface area contributed by atoms with Gasteiger partial charge in [0.15, 0.2) is 5.16 Å². The molecule has 4 aromatic rings. The topological polar surface area (TPSA) is 52.2 Å². The van der Waals surface area contributed by atoms with E-state index in [-0.39, 0.29) is 5.56 Å². The number of benzene rings is 2. The van der Waals surface area contributed by atoms with Crippen molar-refractivity contribution in [2.24, 2.45) is 0 Å². The van der Waals surface area contributed by atoms with Crippen LogP contribution in [-0.4, -0.2) is 24.9 Å². The lowest BCUT2D eigenvalue weighted by molar-refractivity contribution is 0.929. The highest BCUT2D eigenvalue weighted by Crippen LogP contribution is 2.23. The van der Waals surface area contributed by atoms with Crippen LogP contribution in [0.4, 0.5) is 0 Å². The van der Waals surface area contributed by atoms with Crippen LogP contribution in [0.25, 0.3) is 22.4 Å². The molecule has 0 saturated carbocycles. The van der Waals surface area contributed by atoms with Crippen molar-refractivity contribution >= 4 is 28.4 Å². The number of hydrogen-bond donors (Lipinski definition) is 0. The highest BCUT2D eigenvalue weighted by Gasteiger charge is 2.18. The zero-order chi connectivity index (χ0) is 16.7. The Morgan fingerprint density at radius 1 is 1.04 bits per heavy atom. The fraction of sp³-hybridized carbons (Fsp3) is 0.167. The summed E-state index contributed by atoms with van der Waals surface area (Å²) < 4.78 is 3.63. The monoisotopic (exact) mass is 336 g/mol. The highest BCUT2D eigenvalue weighted by molar-refractivity contribution is 7.99. The van der Waals surface area contributed by atoms with E-state index in [1.807, 2.05) is 59.9 Å². The summed E-state index contributed by atoms with van der Waals surface area (Å²) in [6, 6.07) is 15.4. The predicted molar refractivity (Wildman–Crippen MR) is 97.2 cm³/mol. The van der Waals surface area contributed by atoms with E-state index in [1.165, 1.54) is 0 Å². The first kappa shape index (κ1) is 15.0. The molecule has 24 heavy (non-hydrogen) atoms. The first-order chi connectivity index (χ1) is 11.7.